The normalized spacial score (nSPS) is 10.9. The average Bonchev–Trinajstić information content (AvgIpc) is 2.27. The van der Waals surface area contributed by atoms with Crippen LogP contribution < -0.4 is 4.74 Å². The summed E-state index contributed by atoms with van der Waals surface area (Å²) in [6.45, 7) is 5.64. The summed E-state index contributed by atoms with van der Waals surface area (Å²) < 4.78 is 5.10. The maximum Gasteiger partial charge on any atom is 0.415 e. The van der Waals surface area contributed by atoms with Crippen molar-refractivity contribution < 1.29 is 14.5 Å². The van der Waals surface area contributed by atoms with E-state index in [4.69, 9.17) is 4.74 Å². The fraction of sp³-hybridized carbons (Fsp3) is 0.417. The van der Waals surface area contributed by atoms with Crippen molar-refractivity contribution in [3.63, 3.8) is 0 Å². The quantitative estimate of drug-likeness (QED) is 0.599. The highest BCUT2D eigenvalue weighted by Crippen LogP contribution is 2.19. The number of ether oxygens (including phenoxy) is 1. The fourth-order valence-electron chi connectivity index (χ4n) is 1.08. The molecule has 0 saturated heterocycles. The van der Waals surface area contributed by atoms with Gasteiger partial charge in [0.05, 0.1) is 4.92 Å². The van der Waals surface area contributed by atoms with Gasteiger partial charge in [-0.05, 0) is 32.9 Å². The van der Waals surface area contributed by atoms with Gasteiger partial charge in [0.2, 0.25) is 0 Å². The summed E-state index contributed by atoms with van der Waals surface area (Å²) in [7, 11) is 1.63. The summed E-state index contributed by atoms with van der Waals surface area (Å²) in [4.78, 5) is 23.2. The molecule has 0 aliphatic carbocycles. The third-order valence-corrected chi connectivity index (χ3v) is 2.53. The first-order valence-electron chi connectivity index (χ1n) is 5.42. The molecule has 0 fully saturated rings. The number of carbonyl (C=O) groups excluding carboxylic acids is 1. The molecule has 6 heteroatoms. The van der Waals surface area contributed by atoms with Crippen LogP contribution in [0.25, 0.3) is 0 Å². The topological polar surface area (TPSA) is 72.7 Å². The predicted octanol–water partition coefficient (Wildman–Crippen LogP) is 2.82. The third kappa shape index (κ3) is 3.44. The Labute approximate surface area is 105 Å². The molecule has 1 rings (SSSR count). The van der Waals surface area contributed by atoms with E-state index in [9.17, 15) is 14.9 Å². The van der Waals surface area contributed by atoms with Crippen LogP contribution in [-0.4, -0.2) is 28.5 Å². The Morgan fingerprint density at radius 2 is 1.78 bits per heavy atom. The maximum atomic E-state index is 11.7. The molecule has 1 aromatic carbocycles. The molecule has 0 aliphatic heterocycles. The summed E-state index contributed by atoms with van der Waals surface area (Å²) in [5.41, 5.74) is -0.392. The van der Waals surface area contributed by atoms with Crippen molar-refractivity contribution in [1.29, 1.82) is 0 Å². The highest BCUT2D eigenvalue weighted by atomic mass is 16.6. The van der Waals surface area contributed by atoms with Crippen molar-refractivity contribution in [2.45, 2.75) is 26.3 Å². The van der Waals surface area contributed by atoms with E-state index in [1.807, 2.05) is 20.8 Å². The molecule has 0 heterocycles. The van der Waals surface area contributed by atoms with E-state index in [2.05, 4.69) is 0 Å². The van der Waals surface area contributed by atoms with Crippen LogP contribution in [0.2, 0.25) is 0 Å². The van der Waals surface area contributed by atoms with Gasteiger partial charge in [0.1, 0.15) is 5.75 Å². The van der Waals surface area contributed by atoms with Gasteiger partial charge in [-0.25, -0.2) is 4.79 Å². The van der Waals surface area contributed by atoms with E-state index in [0.29, 0.717) is 0 Å². The van der Waals surface area contributed by atoms with Crippen molar-refractivity contribution in [3.05, 3.63) is 34.4 Å². The fourth-order valence-corrected chi connectivity index (χ4v) is 1.08. The van der Waals surface area contributed by atoms with Gasteiger partial charge in [-0.3, -0.25) is 10.1 Å². The minimum absolute atomic E-state index is 0.0426. The molecular weight excluding hydrogens is 236 g/mol. The summed E-state index contributed by atoms with van der Waals surface area (Å²) in [5.74, 6) is 0.279. The number of benzene rings is 1. The van der Waals surface area contributed by atoms with E-state index in [1.165, 1.54) is 29.2 Å². The van der Waals surface area contributed by atoms with Crippen LogP contribution >= 0.6 is 0 Å². The summed E-state index contributed by atoms with van der Waals surface area (Å²) in [5, 5.41) is 10.5. The monoisotopic (exact) mass is 252 g/mol. The average molecular weight is 252 g/mol. The first-order chi connectivity index (χ1) is 8.21. The maximum absolute atomic E-state index is 11.7. The number of amides is 1. The van der Waals surface area contributed by atoms with E-state index in [0.717, 1.165) is 0 Å². The van der Waals surface area contributed by atoms with Crippen molar-refractivity contribution >= 4 is 11.8 Å². The molecule has 0 saturated carbocycles. The van der Waals surface area contributed by atoms with Crippen LogP contribution in [0.3, 0.4) is 0 Å². The Morgan fingerprint density at radius 3 is 2.17 bits per heavy atom. The first-order valence-corrected chi connectivity index (χ1v) is 5.42. The lowest BCUT2D eigenvalue weighted by Gasteiger charge is -2.30. The third-order valence-electron chi connectivity index (χ3n) is 2.53. The van der Waals surface area contributed by atoms with Crippen molar-refractivity contribution in [2.75, 3.05) is 7.05 Å². The number of rotatable bonds is 2. The van der Waals surface area contributed by atoms with Crippen LogP contribution in [-0.2, 0) is 0 Å². The second-order valence-electron chi connectivity index (χ2n) is 4.85. The zero-order chi connectivity index (χ0) is 13.9. The standard InChI is InChI=1S/C12H16N2O4/c1-12(2,3)13(4)11(15)18-10-7-5-9(6-8-10)14(16)17/h5-8H,1-4H3. The molecule has 1 aromatic rings. The van der Waals surface area contributed by atoms with Gasteiger partial charge in [0.15, 0.2) is 0 Å². The van der Waals surface area contributed by atoms with Crippen LogP contribution in [0.15, 0.2) is 24.3 Å². The highest BCUT2D eigenvalue weighted by molar-refractivity contribution is 5.71. The number of nitrogens with zero attached hydrogens (tertiary/aromatic N) is 2. The molecule has 0 N–H and O–H groups in total. The molecule has 0 spiro atoms. The van der Waals surface area contributed by atoms with Crippen LogP contribution in [0.1, 0.15) is 20.8 Å². The molecule has 0 atom stereocenters. The summed E-state index contributed by atoms with van der Waals surface area (Å²) >= 11 is 0. The second-order valence-corrected chi connectivity index (χ2v) is 4.85. The lowest BCUT2D eigenvalue weighted by Crippen LogP contribution is -2.44. The number of hydrogen-bond donors (Lipinski definition) is 0. The van der Waals surface area contributed by atoms with E-state index < -0.39 is 11.0 Å². The van der Waals surface area contributed by atoms with Crippen LogP contribution in [0.5, 0.6) is 5.75 Å². The van der Waals surface area contributed by atoms with Gasteiger partial charge in [-0.1, -0.05) is 0 Å². The number of nitro groups is 1. The zero-order valence-corrected chi connectivity index (χ0v) is 10.8. The largest absolute Gasteiger partial charge is 0.415 e. The highest BCUT2D eigenvalue weighted by Gasteiger charge is 2.24. The van der Waals surface area contributed by atoms with E-state index in [-0.39, 0.29) is 17.0 Å². The molecule has 1 amide bonds. The Hall–Kier alpha value is -2.11. The van der Waals surface area contributed by atoms with Crippen LogP contribution in [0, 0.1) is 10.1 Å². The zero-order valence-electron chi connectivity index (χ0n) is 10.8. The van der Waals surface area contributed by atoms with Gasteiger partial charge in [-0.2, -0.15) is 0 Å². The Bertz CT molecular complexity index is 448. The van der Waals surface area contributed by atoms with Gasteiger partial charge < -0.3 is 9.64 Å². The summed E-state index contributed by atoms with van der Waals surface area (Å²) in [6.07, 6.45) is -0.503. The first kappa shape index (κ1) is 14.0. The van der Waals surface area contributed by atoms with E-state index >= 15 is 0 Å². The molecule has 0 aromatic heterocycles. The Morgan fingerprint density at radius 1 is 1.28 bits per heavy atom. The SMILES string of the molecule is CN(C(=O)Oc1ccc([N+](=O)[O-])cc1)C(C)(C)C. The number of hydrogen-bond acceptors (Lipinski definition) is 4. The minimum Gasteiger partial charge on any atom is -0.410 e. The van der Waals surface area contributed by atoms with Crippen molar-refractivity contribution in [3.8, 4) is 5.75 Å². The molecular formula is C12H16N2O4. The molecule has 0 unspecified atom stereocenters. The van der Waals surface area contributed by atoms with Crippen LogP contribution in [0.4, 0.5) is 10.5 Å². The Balaban J connectivity index is 2.74. The Kier molecular flexibility index (Phi) is 3.90. The molecule has 18 heavy (non-hydrogen) atoms. The van der Waals surface area contributed by atoms with Crippen molar-refractivity contribution in [2.24, 2.45) is 0 Å². The molecule has 0 aliphatic rings. The van der Waals surface area contributed by atoms with Gasteiger partial charge in [-0.15, -0.1) is 0 Å². The summed E-state index contributed by atoms with van der Waals surface area (Å²) in [6, 6.07) is 5.37. The minimum atomic E-state index is -0.507. The lowest BCUT2D eigenvalue weighted by atomic mass is 10.1. The molecule has 0 bridgehead atoms. The number of non-ortho nitro benzene ring substituents is 1. The second kappa shape index (κ2) is 5.03. The van der Waals surface area contributed by atoms with E-state index in [1.54, 1.807) is 7.05 Å². The predicted molar refractivity (Wildman–Crippen MR) is 66.6 cm³/mol. The van der Waals surface area contributed by atoms with Gasteiger partial charge in [0, 0.05) is 24.7 Å². The van der Waals surface area contributed by atoms with Gasteiger partial charge in [0.25, 0.3) is 5.69 Å². The number of nitro benzene ring substituents is 1. The molecule has 6 nitrogen and oxygen atoms in total. The molecule has 98 valence electrons. The van der Waals surface area contributed by atoms with Gasteiger partial charge >= 0.3 is 6.09 Å². The smallest absolute Gasteiger partial charge is 0.410 e. The lowest BCUT2D eigenvalue weighted by molar-refractivity contribution is -0.384. The van der Waals surface area contributed by atoms with Crippen molar-refractivity contribution in [1.82, 2.24) is 4.90 Å². The number of carbonyl (C=O) groups is 1. The molecule has 0 radical (unpaired) electrons.